The largest absolute Gasteiger partial charge is 0.360 e. The molecule has 0 amide bonds. The van der Waals surface area contributed by atoms with Crippen molar-refractivity contribution in [2.45, 2.75) is 6.54 Å². The van der Waals surface area contributed by atoms with Crippen molar-refractivity contribution in [2.24, 2.45) is 0 Å². The van der Waals surface area contributed by atoms with Crippen LogP contribution in [0.15, 0.2) is 12.3 Å². The molecule has 49 valence electrons. The fourth-order valence-corrected chi connectivity index (χ4v) is 0.751. The summed E-state index contributed by atoms with van der Waals surface area (Å²) in [6.07, 6.45) is 4.89. The van der Waals surface area contributed by atoms with Crippen molar-refractivity contribution in [3.8, 4) is 0 Å². The minimum atomic E-state index is 0.962. The fourth-order valence-electron chi connectivity index (χ4n) is 0.751. The standard InChI is InChI=1S/C7H11N2/c1-9(2)6-7-3-4-8-5-7/h3-4,8H,6H2,1-2H3. The molecular formula is C7H11N2. The lowest BCUT2D eigenvalue weighted by Crippen LogP contribution is -2.09. The molecular weight excluding hydrogens is 112 g/mol. The summed E-state index contributed by atoms with van der Waals surface area (Å²) in [6.45, 7) is 0.962. The van der Waals surface area contributed by atoms with E-state index in [4.69, 9.17) is 0 Å². The van der Waals surface area contributed by atoms with Gasteiger partial charge in [-0.15, -0.1) is 0 Å². The summed E-state index contributed by atoms with van der Waals surface area (Å²) in [6, 6.07) is 2.03. The van der Waals surface area contributed by atoms with Gasteiger partial charge in [0.25, 0.3) is 0 Å². The van der Waals surface area contributed by atoms with Gasteiger partial charge in [0.05, 0.1) is 6.20 Å². The normalized spacial score (nSPS) is 10.6. The maximum Gasteiger partial charge on any atom is 0.0668 e. The third-order valence-corrected chi connectivity index (χ3v) is 1.09. The molecule has 0 bridgehead atoms. The molecule has 0 atom stereocenters. The second-order valence-corrected chi connectivity index (χ2v) is 2.37. The van der Waals surface area contributed by atoms with Crippen LogP contribution in [0.1, 0.15) is 5.56 Å². The summed E-state index contributed by atoms with van der Waals surface area (Å²) in [4.78, 5) is 4.99. The molecule has 0 fully saturated rings. The molecule has 0 spiro atoms. The number of hydrogen-bond donors (Lipinski definition) is 1. The molecule has 1 rings (SSSR count). The van der Waals surface area contributed by atoms with Crippen LogP contribution in [0.3, 0.4) is 0 Å². The van der Waals surface area contributed by atoms with Gasteiger partial charge in [-0.25, -0.2) is 0 Å². The average molecular weight is 123 g/mol. The van der Waals surface area contributed by atoms with Gasteiger partial charge in [0.1, 0.15) is 0 Å². The van der Waals surface area contributed by atoms with Crippen molar-refractivity contribution in [3.63, 3.8) is 0 Å². The van der Waals surface area contributed by atoms with Crippen LogP contribution in [0.4, 0.5) is 0 Å². The van der Waals surface area contributed by atoms with E-state index in [2.05, 4.69) is 16.1 Å². The van der Waals surface area contributed by atoms with E-state index in [-0.39, 0.29) is 0 Å². The summed E-state index contributed by atoms with van der Waals surface area (Å²) in [7, 11) is 4.08. The van der Waals surface area contributed by atoms with E-state index >= 15 is 0 Å². The fraction of sp³-hybridized carbons (Fsp3) is 0.429. The van der Waals surface area contributed by atoms with Crippen LogP contribution in [0.2, 0.25) is 0 Å². The Bertz CT molecular complexity index is 153. The van der Waals surface area contributed by atoms with Gasteiger partial charge in [-0.3, -0.25) is 0 Å². The summed E-state index contributed by atoms with van der Waals surface area (Å²) >= 11 is 0. The molecule has 0 saturated carbocycles. The smallest absolute Gasteiger partial charge is 0.0668 e. The first-order chi connectivity index (χ1) is 4.29. The van der Waals surface area contributed by atoms with E-state index in [0.29, 0.717) is 0 Å². The number of nitrogens with zero attached hydrogens (tertiary/aromatic N) is 1. The Balaban J connectivity index is 2.48. The Hall–Kier alpha value is -0.760. The first kappa shape index (κ1) is 6.36. The number of hydrogen-bond acceptors (Lipinski definition) is 1. The zero-order valence-corrected chi connectivity index (χ0v) is 5.81. The van der Waals surface area contributed by atoms with E-state index in [9.17, 15) is 0 Å². The van der Waals surface area contributed by atoms with Crippen molar-refractivity contribution in [1.82, 2.24) is 9.88 Å². The lowest BCUT2D eigenvalue weighted by molar-refractivity contribution is 0.402. The molecule has 0 aliphatic heterocycles. The molecule has 1 heterocycles. The molecule has 0 aliphatic rings. The monoisotopic (exact) mass is 123 g/mol. The van der Waals surface area contributed by atoms with Gasteiger partial charge in [0.15, 0.2) is 0 Å². The van der Waals surface area contributed by atoms with E-state index in [1.54, 1.807) is 0 Å². The Labute approximate surface area is 55.5 Å². The van der Waals surface area contributed by atoms with E-state index in [1.807, 2.05) is 26.4 Å². The molecule has 0 unspecified atom stereocenters. The number of aromatic amines is 1. The number of rotatable bonds is 2. The van der Waals surface area contributed by atoms with Crippen LogP contribution in [0.25, 0.3) is 0 Å². The lowest BCUT2D eigenvalue weighted by atomic mass is 10.3. The predicted molar refractivity (Wildman–Crippen MR) is 37.0 cm³/mol. The minimum Gasteiger partial charge on any atom is -0.360 e. The highest BCUT2D eigenvalue weighted by molar-refractivity contribution is 5.05. The minimum absolute atomic E-state index is 0.962. The first-order valence-corrected chi connectivity index (χ1v) is 2.97. The maximum atomic E-state index is 3.00. The predicted octanol–water partition coefficient (Wildman–Crippen LogP) is 0.876. The zero-order chi connectivity index (χ0) is 6.69. The molecule has 0 aliphatic carbocycles. The third-order valence-electron chi connectivity index (χ3n) is 1.09. The van der Waals surface area contributed by atoms with E-state index < -0.39 is 0 Å². The molecule has 0 aromatic carbocycles. The van der Waals surface area contributed by atoms with Crippen LogP contribution in [0.5, 0.6) is 0 Å². The molecule has 1 radical (unpaired) electrons. The Kier molecular flexibility index (Phi) is 1.90. The van der Waals surface area contributed by atoms with Gasteiger partial charge in [-0.2, -0.15) is 0 Å². The van der Waals surface area contributed by atoms with Crippen LogP contribution in [-0.4, -0.2) is 24.0 Å². The summed E-state index contributed by atoms with van der Waals surface area (Å²) in [5.74, 6) is 0. The lowest BCUT2D eigenvalue weighted by Gasteiger charge is -2.05. The van der Waals surface area contributed by atoms with Crippen LogP contribution < -0.4 is 0 Å². The van der Waals surface area contributed by atoms with Crippen molar-refractivity contribution < 1.29 is 0 Å². The van der Waals surface area contributed by atoms with Crippen molar-refractivity contribution in [3.05, 3.63) is 24.0 Å². The highest BCUT2D eigenvalue weighted by Crippen LogP contribution is 1.96. The topological polar surface area (TPSA) is 19.0 Å². The molecule has 0 saturated heterocycles. The van der Waals surface area contributed by atoms with Gasteiger partial charge >= 0.3 is 0 Å². The Morgan fingerprint density at radius 1 is 1.67 bits per heavy atom. The highest BCUT2D eigenvalue weighted by Gasteiger charge is 1.92. The highest BCUT2D eigenvalue weighted by atomic mass is 15.0. The molecule has 1 aromatic rings. The SMILES string of the molecule is CN(C)Cc1[c][nH]cc1. The van der Waals surface area contributed by atoms with Crippen LogP contribution in [-0.2, 0) is 6.54 Å². The molecule has 2 nitrogen and oxygen atoms in total. The summed E-state index contributed by atoms with van der Waals surface area (Å²) < 4.78 is 0. The van der Waals surface area contributed by atoms with Gasteiger partial charge in [-0.1, -0.05) is 0 Å². The number of nitrogens with one attached hydrogen (secondary N) is 1. The molecule has 1 aromatic heterocycles. The quantitative estimate of drug-likeness (QED) is 0.618. The van der Waals surface area contributed by atoms with Gasteiger partial charge in [0, 0.05) is 12.7 Å². The van der Waals surface area contributed by atoms with E-state index in [0.717, 1.165) is 6.54 Å². The van der Waals surface area contributed by atoms with Gasteiger partial charge in [-0.05, 0) is 25.7 Å². The number of H-pyrrole nitrogens is 1. The van der Waals surface area contributed by atoms with Crippen LogP contribution >= 0.6 is 0 Å². The summed E-state index contributed by atoms with van der Waals surface area (Å²) in [5.41, 5.74) is 1.21. The molecule has 2 heteroatoms. The van der Waals surface area contributed by atoms with E-state index in [1.165, 1.54) is 5.56 Å². The van der Waals surface area contributed by atoms with Crippen molar-refractivity contribution in [1.29, 1.82) is 0 Å². The summed E-state index contributed by atoms with van der Waals surface area (Å²) in [5, 5.41) is 0. The van der Waals surface area contributed by atoms with Crippen molar-refractivity contribution >= 4 is 0 Å². The van der Waals surface area contributed by atoms with Gasteiger partial charge < -0.3 is 9.88 Å². The maximum absolute atomic E-state index is 3.00. The third kappa shape index (κ3) is 1.90. The van der Waals surface area contributed by atoms with Gasteiger partial charge in [0.2, 0.25) is 0 Å². The zero-order valence-electron chi connectivity index (χ0n) is 5.81. The molecule has 9 heavy (non-hydrogen) atoms. The first-order valence-electron chi connectivity index (χ1n) is 2.97. The average Bonchev–Trinajstić information content (AvgIpc) is 2.15. The molecule has 1 N–H and O–H groups in total. The van der Waals surface area contributed by atoms with Crippen LogP contribution in [0, 0.1) is 6.20 Å². The second kappa shape index (κ2) is 2.69. The second-order valence-electron chi connectivity index (χ2n) is 2.37. The Morgan fingerprint density at radius 2 is 2.44 bits per heavy atom. The number of aromatic nitrogens is 1. The Morgan fingerprint density at radius 3 is 2.89 bits per heavy atom. The van der Waals surface area contributed by atoms with Crippen molar-refractivity contribution in [2.75, 3.05) is 14.1 Å².